The monoisotopic (exact) mass is 272 g/mol. The van der Waals surface area contributed by atoms with E-state index in [-0.39, 0.29) is 11.7 Å². The van der Waals surface area contributed by atoms with Crippen molar-refractivity contribution in [2.24, 2.45) is 0 Å². The summed E-state index contributed by atoms with van der Waals surface area (Å²) in [5.74, 6) is -0.0671. The van der Waals surface area contributed by atoms with E-state index in [1.807, 2.05) is 0 Å². The molecule has 0 unspecified atom stereocenters. The first-order chi connectivity index (χ1) is 9.56. The zero-order valence-electron chi connectivity index (χ0n) is 11.8. The third-order valence-corrected chi connectivity index (χ3v) is 3.98. The summed E-state index contributed by atoms with van der Waals surface area (Å²) < 4.78 is 0. The fourth-order valence-corrected chi connectivity index (χ4v) is 2.68. The minimum Gasteiger partial charge on any atom is -0.508 e. The van der Waals surface area contributed by atoms with Gasteiger partial charge in [0.05, 0.1) is 6.07 Å². The molecule has 20 heavy (non-hydrogen) atoms. The number of nitrogens with one attached hydrogen (secondary N) is 1. The lowest BCUT2D eigenvalue weighted by Crippen LogP contribution is -2.47. The number of hydrogen-bond acceptors (Lipinski definition) is 3. The molecule has 0 heterocycles. The van der Waals surface area contributed by atoms with Crippen LogP contribution in [-0.4, -0.2) is 16.6 Å². The molecular weight excluding hydrogens is 252 g/mol. The van der Waals surface area contributed by atoms with E-state index >= 15 is 0 Å². The Balaban J connectivity index is 2.16. The topological polar surface area (TPSA) is 73.1 Å². The first-order valence-electron chi connectivity index (χ1n) is 7.10. The fourth-order valence-electron chi connectivity index (χ4n) is 2.68. The van der Waals surface area contributed by atoms with Crippen LogP contribution in [0.15, 0.2) is 18.2 Å². The number of amides is 1. The highest BCUT2D eigenvalue weighted by Gasteiger charge is 2.32. The van der Waals surface area contributed by atoms with Crippen molar-refractivity contribution in [1.29, 1.82) is 5.26 Å². The van der Waals surface area contributed by atoms with Crippen LogP contribution in [0.5, 0.6) is 5.75 Å². The third kappa shape index (κ3) is 3.11. The summed E-state index contributed by atoms with van der Waals surface area (Å²) in [5, 5.41) is 21.9. The number of carbonyl (C=O) groups is 1. The molecule has 106 valence electrons. The number of nitrogens with zero attached hydrogens (tertiary/aromatic N) is 1. The lowest BCUT2D eigenvalue weighted by atomic mass is 9.91. The average molecular weight is 272 g/mol. The summed E-state index contributed by atoms with van der Waals surface area (Å²) in [5.41, 5.74) is 0.406. The summed E-state index contributed by atoms with van der Waals surface area (Å²) in [7, 11) is 0. The number of phenols is 1. The Kier molecular flexibility index (Phi) is 4.29. The van der Waals surface area contributed by atoms with Crippen molar-refractivity contribution in [3.63, 3.8) is 0 Å². The highest BCUT2D eigenvalue weighted by atomic mass is 16.3. The van der Waals surface area contributed by atoms with Gasteiger partial charge in [-0.3, -0.25) is 4.79 Å². The summed E-state index contributed by atoms with van der Waals surface area (Å²) in [4.78, 5) is 12.3. The molecule has 2 N–H and O–H groups in total. The summed E-state index contributed by atoms with van der Waals surface area (Å²) in [6.07, 6.45) is 5.62. The quantitative estimate of drug-likeness (QED) is 0.813. The number of aromatic hydroxyl groups is 1. The maximum absolute atomic E-state index is 12.3. The first-order valence-corrected chi connectivity index (χ1v) is 7.10. The molecule has 0 bridgehead atoms. The molecule has 1 fully saturated rings. The molecule has 1 aromatic carbocycles. The minimum atomic E-state index is -0.737. The third-order valence-electron chi connectivity index (χ3n) is 3.98. The van der Waals surface area contributed by atoms with Gasteiger partial charge < -0.3 is 10.4 Å². The van der Waals surface area contributed by atoms with E-state index in [1.165, 1.54) is 6.07 Å². The van der Waals surface area contributed by atoms with Gasteiger partial charge in [0, 0.05) is 5.56 Å². The predicted molar refractivity (Wildman–Crippen MR) is 76.4 cm³/mol. The van der Waals surface area contributed by atoms with Gasteiger partial charge in [0.2, 0.25) is 0 Å². The van der Waals surface area contributed by atoms with Crippen molar-refractivity contribution in [2.45, 2.75) is 51.0 Å². The number of rotatable bonds is 2. The number of nitriles is 1. The molecule has 0 saturated heterocycles. The molecule has 1 amide bonds. The van der Waals surface area contributed by atoms with E-state index < -0.39 is 5.54 Å². The zero-order chi connectivity index (χ0) is 14.6. The van der Waals surface area contributed by atoms with Crippen molar-refractivity contribution in [3.05, 3.63) is 29.3 Å². The Morgan fingerprint density at radius 2 is 1.95 bits per heavy atom. The molecule has 2 rings (SSSR count). The van der Waals surface area contributed by atoms with E-state index in [4.69, 9.17) is 0 Å². The largest absolute Gasteiger partial charge is 0.508 e. The molecule has 0 spiro atoms. The second kappa shape index (κ2) is 5.96. The minimum absolute atomic E-state index is 0.172. The van der Waals surface area contributed by atoms with Gasteiger partial charge in [-0.25, -0.2) is 0 Å². The second-order valence-electron chi connectivity index (χ2n) is 5.56. The van der Waals surface area contributed by atoms with E-state index in [9.17, 15) is 15.2 Å². The Morgan fingerprint density at radius 1 is 1.30 bits per heavy atom. The molecule has 1 aliphatic rings. The Hall–Kier alpha value is -2.02. The van der Waals surface area contributed by atoms with Crippen molar-refractivity contribution in [3.8, 4) is 11.8 Å². The van der Waals surface area contributed by atoms with E-state index in [0.717, 1.165) is 25.7 Å². The van der Waals surface area contributed by atoms with Gasteiger partial charge >= 0.3 is 0 Å². The molecule has 1 aliphatic carbocycles. The summed E-state index contributed by atoms with van der Waals surface area (Å²) >= 11 is 0. The predicted octanol–water partition coefficient (Wildman–Crippen LogP) is 3.05. The molecule has 4 nitrogen and oxygen atoms in total. The number of phenolic OH excluding ortho intramolecular Hbond substituents is 1. The molecule has 0 radical (unpaired) electrons. The second-order valence-corrected chi connectivity index (χ2v) is 5.56. The molecular formula is C16H20N2O2. The first kappa shape index (κ1) is 14.4. The van der Waals surface area contributed by atoms with Gasteiger partial charge in [0.25, 0.3) is 5.91 Å². The van der Waals surface area contributed by atoms with Gasteiger partial charge in [0.15, 0.2) is 0 Å². The lowest BCUT2D eigenvalue weighted by molar-refractivity contribution is 0.0913. The highest BCUT2D eigenvalue weighted by Crippen LogP contribution is 2.27. The Bertz CT molecular complexity index is 538. The fraction of sp³-hybridized carbons (Fsp3) is 0.500. The van der Waals surface area contributed by atoms with Crippen LogP contribution >= 0.6 is 0 Å². The summed E-state index contributed by atoms with van der Waals surface area (Å²) in [6.45, 7) is 1.75. The van der Waals surface area contributed by atoms with Gasteiger partial charge in [-0.15, -0.1) is 0 Å². The zero-order valence-corrected chi connectivity index (χ0v) is 11.8. The smallest absolute Gasteiger partial charge is 0.252 e. The molecule has 0 atom stereocenters. The van der Waals surface area contributed by atoms with Gasteiger partial charge in [-0.1, -0.05) is 25.7 Å². The maximum Gasteiger partial charge on any atom is 0.252 e. The van der Waals surface area contributed by atoms with Crippen molar-refractivity contribution < 1.29 is 9.90 Å². The molecule has 0 aliphatic heterocycles. The van der Waals surface area contributed by atoms with Crippen molar-refractivity contribution in [2.75, 3.05) is 0 Å². The van der Waals surface area contributed by atoms with Crippen LogP contribution in [0.2, 0.25) is 0 Å². The van der Waals surface area contributed by atoms with Gasteiger partial charge in [-0.05, 0) is 43.5 Å². The SMILES string of the molecule is Cc1cc(C(=O)NC2(C#N)CCCCCC2)ccc1O. The average Bonchev–Trinajstić information content (AvgIpc) is 2.68. The Morgan fingerprint density at radius 3 is 2.50 bits per heavy atom. The Labute approximate surface area is 119 Å². The normalized spacial score (nSPS) is 17.8. The van der Waals surface area contributed by atoms with Crippen molar-refractivity contribution in [1.82, 2.24) is 5.32 Å². The highest BCUT2D eigenvalue weighted by molar-refractivity contribution is 5.95. The van der Waals surface area contributed by atoms with Gasteiger partial charge in [0.1, 0.15) is 11.3 Å². The number of hydrogen-bond donors (Lipinski definition) is 2. The number of carbonyl (C=O) groups excluding carboxylic acids is 1. The van der Waals surface area contributed by atoms with Crippen LogP contribution < -0.4 is 5.32 Å². The molecule has 1 saturated carbocycles. The lowest BCUT2D eigenvalue weighted by Gasteiger charge is -2.26. The summed E-state index contributed by atoms with van der Waals surface area (Å²) in [6, 6.07) is 7.04. The van der Waals surface area contributed by atoms with Crippen LogP contribution in [-0.2, 0) is 0 Å². The van der Waals surface area contributed by atoms with E-state index in [0.29, 0.717) is 24.0 Å². The van der Waals surface area contributed by atoms with Crippen LogP contribution in [0.4, 0.5) is 0 Å². The maximum atomic E-state index is 12.3. The number of benzene rings is 1. The van der Waals surface area contributed by atoms with E-state index in [2.05, 4.69) is 11.4 Å². The van der Waals surface area contributed by atoms with Crippen LogP contribution in [0.25, 0.3) is 0 Å². The molecule has 1 aromatic rings. The van der Waals surface area contributed by atoms with Gasteiger partial charge in [-0.2, -0.15) is 5.26 Å². The molecule has 4 heteroatoms. The molecule has 0 aromatic heterocycles. The number of aryl methyl sites for hydroxylation is 1. The van der Waals surface area contributed by atoms with E-state index in [1.54, 1.807) is 19.1 Å². The van der Waals surface area contributed by atoms with Crippen LogP contribution in [0, 0.1) is 18.3 Å². The van der Waals surface area contributed by atoms with Crippen LogP contribution in [0.3, 0.4) is 0 Å². The van der Waals surface area contributed by atoms with Crippen molar-refractivity contribution >= 4 is 5.91 Å². The van der Waals surface area contributed by atoms with Crippen LogP contribution in [0.1, 0.15) is 54.4 Å². The standard InChI is InChI=1S/C16H20N2O2/c1-12-10-13(6-7-14(12)19)15(20)18-16(11-17)8-4-2-3-5-9-16/h6-7,10,19H,2-5,8-9H2,1H3,(H,18,20).